The predicted octanol–water partition coefficient (Wildman–Crippen LogP) is 1.77. The molecule has 1 aromatic carbocycles. The SMILES string of the molecule is NC(CCCc1ccccc1)C1CCS(=O)(=O)C1. The molecule has 100 valence electrons. The van der Waals surface area contributed by atoms with Gasteiger partial charge in [0.05, 0.1) is 11.5 Å². The second-order valence-corrected chi connectivity index (χ2v) is 7.43. The van der Waals surface area contributed by atoms with Crippen LogP contribution in [0.15, 0.2) is 30.3 Å². The van der Waals surface area contributed by atoms with Gasteiger partial charge in [0.25, 0.3) is 0 Å². The van der Waals surface area contributed by atoms with Crippen LogP contribution in [0.4, 0.5) is 0 Å². The number of nitrogens with two attached hydrogens (primary N) is 1. The van der Waals surface area contributed by atoms with Crippen LogP contribution in [0, 0.1) is 5.92 Å². The van der Waals surface area contributed by atoms with E-state index in [1.54, 1.807) is 0 Å². The highest BCUT2D eigenvalue weighted by Gasteiger charge is 2.31. The molecule has 18 heavy (non-hydrogen) atoms. The van der Waals surface area contributed by atoms with Crippen molar-refractivity contribution in [2.75, 3.05) is 11.5 Å². The summed E-state index contributed by atoms with van der Waals surface area (Å²) in [5, 5.41) is 0. The molecule has 0 amide bonds. The normalized spacial score (nSPS) is 23.9. The molecule has 1 aliphatic heterocycles. The van der Waals surface area contributed by atoms with Gasteiger partial charge in [0, 0.05) is 6.04 Å². The fourth-order valence-electron chi connectivity index (χ4n) is 2.58. The molecule has 1 saturated heterocycles. The molecule has 2 rings (SSSR count). The zero-order chi connectivity index (χ0) is 13.0. The first kappa shape index (κ1) is 13.6. The molecule has 1 heterocycles. The van der Waals surface area contributed by atoms with Crippen molar-refractivity contribution >= 4 is 9.84 Å². The molecule has 0 aromatic heterocycles. The lowest BCUT2D eigenvalue weighted by molar-refractivity contribution is 0.429. The zero-order valence-electron chi connectivity index (χ0n) is 10.6. The number of hydrogen-bond donors (Lipinski definition) is 1. The van der Waals surface area contributed by atoms with Gasteiger partial charge in [-0.1, -0.05) is 30.3 Å². The van der Waals surface area contributed by atoms with Crippen molar-refractivity contribution in [1.29, 1.82) is 0 Å². The van der Waals surface area contributed by atoms with E-state index in [1.165, 1.54) is 5.56 Å². The summed E-state index contributed by atoms with van der Waals surface area (Å²) < 4.78 is 22.8. The van der Waals surface area contributed by atoms with Crippen molar-refractivity contribution in [2.45, 2.75) is 31.7 Å². The van der Waals surface area contributed by atoms with E-state index in [9.17, 15) is 8.42 Å². The first-order valence-electron chi connectivity index (χ1n) is 6.57. The minimum atomic E-state index is -2.80. The van der Waals surface area contributed by atoms with Gasteiger partial charge in [-0.25, -0.2) is 8.42 Å². The molecule has 3 nitrogen and oxygen atoms in total. The van der Waals surface area contributed by atoms with Gasteiger partial charge >= 0.3 is 0 Å². The molecule has 1 aliphatic rings. The molecule has 0 aliphatic carbocycles. The fourth-order valence-corrected chi connectivity index (χ4v) is 4.48. The van der Waals surface area contributed by atoms with Gasteiger partial charge in [-0.05, 0) is 37.2 Å². The molecule has 0 spiro atoms. The second kappa shape index (κ2) is 5.85. The minimum Gasteiger partial charge on any atom is -0.327 e. The second-order valence-electron chi connectivity index (χ2n) is 5.20. The highest BCUT2D eigenvalue weighted by molar-refractivity contribution is 7.91. The number of sulfone groups is 1. The predicted molar refractivity (Wildman–Crippen MR) is 74.1 cm³/mol. The van der Waals surface area contributed by atoms with Crippen molar-refractivity contribution < 1.29 is 8.42 Å². The van der Waals surface area contributed by atoms with Crippen LogP contribution >= 0.6 is 0 Å². The molecule has 4 heteroatoms. The Balaban J connectivity index is 1.74. The van der Waals surface area contributed by atoms with Crippen molar-refractivity contribution in [3.05, 3.63) is 35.9 Å². The van der Waals surface area contributed by atoms with Gasteiger partial charge in [0.2, 0.25) is 0 Å². The smallest absolute Gasteiger partial charge is 0.150 e. The minimum absolute atomic E-state index is 0.0333. The number of aryl methyl sites for hydroxylation is 1. The molecule has 0 bridgehead atoms. The molecule has 1 aromatic rings. The van der Waals surface area contributed by atoms with E-state index in [4.69, 9.17) is 5.73 Å². The maximum Gasteiger partial charge on any atom is 0.150 e. The topological polar surface area (TPSA) is 60.2 Å². The van der Waals surface area contributed by atoms with E-state index >= 15 is 0 Å². The van der Waals surface area contributed by atoms with Crippen molar-refractivity contribution in [2.24, 2.45) is 11.7 Å². The molecule has 0 radical (unpaired) electrons. The van der Waals surface area contributed by atoms with Crippen LogP contribution in [-0.2, 0) is 16.3 Å². The Kier molecular flexibility index (Phi) is 4.40. The van der Waals surface area contributed by atoms with E-state index in [1.807, 2.05) is 18.2 Å². The highest BCUT2D eigenvalue weighted by atomic mass is 32.2. The Morgan fingerprint density at radius 2 is 2.00 bits per heavy atom. The molecular formula is C14H21NO2S. The summed E-state index contributed by atoms with van der Waals surface area (Å²) in [5.41, 5.74) is 7.42. The summed E-state index contributed by atoms with van der Waals surface area (Å²) in [6, 6.07) is 10.4. The first-order valence-corrected chi connectivity index (χ1v) is 8.39. The Bertz CT molecular complexity index is 470. The molecule has 1 fully saturated rings. The third-order valence-electron chi connectivity index (χ3n) is 3.72. The number of benzene rings is 1. The van der Waals surface area contributed by atoms with Gasteiger partial charge in [0.1, 0.15) is 0 Å². The standard InChI is InChI=1S/C14H21NO2S/c15-14(13-9-10-18(16,17)11-13)8-4-7-12-5-2-1-3-6-12/h1-3,5-6,13-14H,4,7-11,15H2. The van der Waals surface area contributed by atoms with Crippen LogP contribution < -0.4 is 5.73 Å². The lowest BCUT2D eigenvalue weighted by atomic mass is 9.94. The fraction of sp³-hybridized carbons (Fsp3) is 0.571. The van der Waals surface area contributed by atoms with Crippen molar-refractivity contribution in [3.63, 3.8) is 0 Å². The Morgan fingerprint density at radius 3 is 2.61 bits per heavy atom. The Hall–Kier alpha value is -0.870. The van der Waals surface area contributed by atoms with Gasteiger partial charge in [-0.15, -0.1) is 0 Å². The largest absolute Gasteiger partial charge is 0.327 e. The van der Waals surface area contributed by atoms with Crippen LogP contribution in [0.25, 0.3) is 0 Å². The van der Waals surface area contributed by atoms with Crippen molar-refractivity contribution in [1.82, 2.24) is 0 Å². The van der Waals surface area contributed by atoms with E-state index in [-0.39, 0.29) is 12.0 Å². The van der Waals surface area contributed by atoms with Gasteiger partial charge in [-0.3, -0.25) is 0 Å². The molecule has 2 unspecified atom stereocenters. The van der Waals surface area contributed by atoms with Gasteiger partial charge < -0.3 is 5.73 Å². The summed E-state index contributed by atoms with van der Waals surface area (Å²) in [6.07, 6.45) is 3.71. The zero-order valence-corrected chi connectivity index (χ0v) is 11.4. The van der Waals surface area contributed by atoms with Crippen LogP contribution in [0.2, 0.25) is 0 Å². The van der Waals surface area contributed by atoms with Crippen LogP contribution in [0.3, 0.4) is 0 Å². The number of rotatable bonds is 5. The van der Waals surface area contributed by atoms with E-state index in [2.05, 4.69) is 12.1 Å². The molecule has 2 N–H and O–H groups in total. The Morgan fingerprint density at radius 1 is 1.28 bits per heavy atom. The third kappa shape index (κ3) is 3.82. The van der Waals surface area contributed by atoms with E-state index in [0.717, 1.165) is 25.7 Å². The average Bonchev–Trinajstić information content (AvgIpc) is 2.71. The van der Waals surface area contributed by atoms with Crippen LogP contribution in [0.1, 0.15) is 24.8 Å². The summed E-state index contributed by atoms with van der Waals surface area (Å²) in [6.45, 7) is 0. The summed E-state index contributed by atoms with van der Waals surface area (Å²) in [7, 11) is -2.80. The maximum absolute atomic E-state index is 11.4. The first-order chi connectivity index (χ1) is 8.57. The summed E-state index contributed by atoms with van der Waals surface area (Å²) in [4.78, 5) is 0. The van der Waals surface area contributed by atoms with E-state index in [0.29, 0.717) is 11.5 Å². The molecule has 0 saturated carbocycles. The lowest BCUT2D eigenvalue weighted by Gasteiger charge is -2.17. The van der Waals surface area contributed by atoms with Gasteiger partial charge in [0.15, 0.2) is 9.84 Å². The molecular weight excluding hydrogens is 246 g/mol. The monoisotopic (exact) mass is 267 g/mol. The number of hydrogen-bond acceptors (Lipinski definition) is 3. The van der Waals surface area contributed by atoms with E-state index < -0.39 is 9.84 Å². The Labute approximate surface area is 109 Å². The van der Waals surface area contributed by atoms with Gasteiger partial charge in [-0.2, -0.15) is 0 Å². The van der Waals surface area contributed by atoms with Crippen LogP contribution in [-0.4, -0.2) is 26.0 Å². The summed E-state index contributed by atoms with van der Waals surface area (Å²) in [5.74, 6) is 0.787. The van der Waals surface area contributed by atoms with Crippen LogP contribution in [0.5, 0.6) is 0 Å². The average molecular weight is 267 g/mol. The lowest BCUT2D eigenvalue weighted by Crippen LogP contribution is -2.30. The quantitative estimate of drug-likeness (QED) is 0.884. The third-order valence-corrected chi connectivity index (χ3v) is 5.51. The molecule has 2 atom stereocenters. The highest BCUT2D eigenvalue weighted by Crippen LogP contribution is 2.23. The maximum atomic E-state index is 11.4. The summed E-state index contributed by atoms with van der Waals surface area (Å²) >= 11 is 0. The van der Waals surface area contributed by atoms with Crippen molar-refractivity contribution in [3.8, 4) is 0 Å².